The highest BCUT2D eigenvalue weighted by Crippen LogP contribution is 2.26. The average Bonchev–Trinajstić information content (AvgIpc) is 3.33. The summed E-state index contributed by atoms with van der Waals surface area (Å²) in [4.78, 5) is 12.8. The summed E-state index contributed by atoms with van der Waals surface area (Å²) in [6, 6.07) is 31.9. The molecule has 0 aliphatic rings. The maximum atomic E-state index is 13.1. The summed E-state index contributed by atoms with van der Waals surface area (Å²) in [6.45, 7) is 1.90. The zero-order valence-corrected chi connectivity index (χ0v) is 21.4. The van der Waals surface area contributed by atoms with Crippen LogP contribution >= 0.6 is 11.3 Å². The highest BCUT2D eigenvalue weighted by atomic mass is 32.2. The molecule has 1 aromatic heterocycles. The minimum Gasteiger partial charge on any atom is -0.423 e. The van der Waals surface area contributed by atoms with E-state index in [-0.39, 0.29) is 4.90 Å². The third-order valence-corrected chi connectivity index (χ3v) is 7.83. The molecular formula is C29H22N2O4S2. The fourth-order valence-corrected chi connectivity index (χ4v) is 5.81. The Morgan fingerprint density at radius 1 is 0.811 bits per heavy atom. The number of nitrogens with zero attached hydrogens (tertiary/aromatic N) is 2. The van der Waals surface area contributed by atoms with E-state index < -0.39 is 16.0 Å². The molecule has 184 valence electrons. The molecule has 0 N–H and O–H groups in total. The number of hydrogen-bond donors (Lipinski definition) is 0. The van der Waals surface area contributed by atoms with Crippen molar-refractivity contribution >= 4 is 27.3 Å². The Balaban J connectivity index is 1.53. The molecule has 0 fully saturated rings. The summed E-state index contributed by atoms with van der Waals surface area (Å²) in [6.07, 6.45) is 0. The second-order valence-electron chi connectivity index (χ2n) is 8.23. The van der Waals surface area contributed by atoms with Gasteiger partial charge in [-0.1, -0.05) is 54.1 Å². The van der Waals surface area contributed by atoms with Gasteiger partial charge in [0.2, 0.25) is 4.80 Å². The molecule has 0 saturated carbocycles. The maximum absolute atomic E-state index is 13.1. The molecule has 0 unspecified atom stereocenters. The predicted octanol–water partition coefficient (Wildman–Crippen LogP) is 6.02. The van der Waals surface area contributed by atoms with Crippen molar-refractivity contribution in [2.45, 2.75) is 11.8 Å². The van der Waals surface area contributed by atoms with E-state index in [0.29, 0.717) is 16.1 Å². The van der Waals surface area contributed by atoms with Crippen molar-refractivity contribution in [1.29, 1.82) is 0 Å². The van der Waals surface area contributed by atoms with E-state index in [1.807, 2.05) is 60.8 Å². The summed E-state index contributed by atoms with van der Waals surface area (Å²) in [5.74, 6) is -0.0309. The van der Waals surface area contributed by atoms with Gasteiger partial charge >= 0.3 is 5.97 Å². The van der Waals surface area contributed by atoms with Crippen LogP contribution in [0, 0.1) is 6.92 Å². The number of carbonyl (C=O) groups is 1. The van der Waals surface area contributed by atoms with Gasteiger partial charge in [0.05, 0.1) is 16.2 Å². The van der Waals surface area contributed by atoms with Crippen LogP contribution in [0.5, 0.6) is 5.75 Å². The Kier molecular flexibility index (Phi) is 6.85. The van der Waals surface area contributed by atoms with Crippen molar-refractivity contribution < 1.29 is 17.9 Å². The van der Waals surface area contributed by atoms with Gasteiger partial charge in [0, 0.05) is 11.1 Å². The lowest BCUT2D eigenvalue weighted by Gasteiger charge is -2.10. The van der Waals surface area contributed by atoms with E-state index in [1.165, 1.54) is 11.3 Å². The summed E-state index contributed by atoms with van der Waals surface area (Å²) in [5.41, 5.74) is 3.78. The molecule has 37 heavy (non-hydrogen) atoms. The number of carbonyl (C=O) groups excluding carboxylic acids is 1. The van der Waals surface area contributed by atoms with Crippen LogP contribution in [0.2, 0.25) is 0 Å². The quantitative estimate of drug-likeness (QED) is 0.200. The molecule has 0 radical (unpaired) electrons. The summed E-state index contributed by atoms with van der Waals surface area (Å²) < 4.78 is 37.7. The lowest BCUT2D eigenvalue weighted by atomic mass is 10.1. The molecule has 0 spiro atoms. The molecule has 5 rings (SSSR count). The predicted molar refractivity (Wildman–Crippen MR) is 144 cm³/mol. The monoisotopic (exact) mass is 526 g/mol. The minimum atomic E-state index is -3.92. The normalized spacial score (nSPS) is 11.9. The molecule has 0 aliphatic carbocycles. The molecular weight excluding hydrogens is 504 g/mol. The van der Waals surface area contributed by atoms with Gasteiger partial charge in [-0.25, -0.2) is 4.79 Å². The molecule has 0 aliphatic heterocycles. The Labute approximate surface area is 218 Å². The van der Waals surface area contributed by atoms with Crippen molar-refractivity contribution in [3.05, 3.63) is 131 Å². The van der Waals surface area contributed by atoms with Crippen LogP contribution in [-0.2, 0) is 10.0 Å². The first kappa shape index (κ1) is 24.4. The standard InChI is InChI=1S/C29H22N2O4S2/c1-21-12-18-26(19-13-21)37(33,34)30-29-31(24-10-6-3-7-11-24)27(20-36-29)22-14-16-25(17-15-22)35-28(32)23-8-4-2-5-9-23/h2-20H,1H3/b30-29-. The molecule has 0 bridgehead atoms. The number of rotatable bonds is 6. The van der Waals surface area contributed by atoms with Crippen LogP contribution < -0.4 is 9.54 Å². The van der Waals surface area contributed by atoms with E-state index in [1.54, 1.807) is 65.2 Å². The van der Waals surface area contributed by atoms with Crippen LogP contribution in [0.1, 0.15) is 15.9 Å². The molecule has 1 heterocycles. The van der Waals surface area contributed by atoms with Gasteiger partial charge in [-0.05, 0) is 73.2 Å². The van der Waals surface area contributed by atoms with Crippen LogP contribution in [0.15, 0.2) is 124 Å². The lowest BCUT2D eigenvalue weighted by molar-refractivity contribution is 0.0734. The summed E-state index contributed by atoms with van der Waals surface area (Å²) in [5, 5.41) is 1.86. The number of thiazole rings is 1. The first-order chi connectivity index (χ1) is 17.9. The first-order valence-electron chi connectivity index (χ1n) is 11.4. The molecule has 0 atom stereocenters. The van der Waals surface area contributed by atoms with Crippen molar-refractivity contribution in [2.24, 2.45) is 4.40 Å². The van der Waals surface area contributed by atoms with Gasteiger partial charge in [-0.2, -0.15) is 8.42 Å². The van der Waals surface area contributed by atoms with Gasteiger partial charge in [0.15, 0.2) is 0 Å². The number of aromatic nitrogens is 1. The van der Waals surface area contributed by atoms with Crippen LogP contribution in [0.4, 0.5) is 0 Å². The highest BCUT2D eigenvalue weighted by Gasteiger charge is 2.16. The van der Waals surface area contributed by atoms with E-state index in [4.69, 9.17) is 4.74 Å². The van der Waals surface area contributed by atoms with Crippen molar-refractivity contribution in [2.75, 3.05) is 0 Å². The fourth-order valence-electron chi connectivity index (χ4n) is 3.70. The number of para-hydroxylation sites is 1. The average molecular weight is 527 g/mol. The maximum Gasteiger partial charge on any atom is 0.343 e. The van der Waals surface area contributed by atoms with Crippen molar-refractivity contribution in [1.82, 2.24) is 4.57 Å². The van der Waals surface area contributed by atoms with E-state index in [9.17, 15) is 13.2 Å². The second kappa shape index (κ2) is 10.4. The van der Waals surface area contributed by atoms with E-state index >= 15 is 0 Å². The van der Waals surface area contributed by atoms with Crippen LogP contribution in [0.25, 0.3) is 16.9 Å². The Hall–Kier alpha value is -4.27. The van der Waals surface area contributed by atoms with E-state index in [0.717, 1.165) is 22.5 Å². The van der Waals surface area contributed by atoms with Crippen LogP contribution in [-0.4, -0.2) is 19.0 Å². The SMILES string of the molecule is Cc1ccc(S(=O)(=O)/N=c2\scc(-c3ccc(OC(=O)c4ccccc4)cc3)n2-c2ccccc2)cc1. The molecule has 5 aromatic rings. The molecule has 0 amide bonds. The van der Waals surface area contributed by atoms with Gasteiger partial charge in [-0.3, -0.25) is 4.57 Å². The fraction of sp³-hybridized carbons (Fsp3) is 0.0345. The van der Waals surface area contributed by atoms with Crippen molar-refractivity contribution in [3.8, 4) is 22.7 Å². The smallest absolute Gasteiger partial charge is 0.343 e. The lowest BCUT2D eigenvalue weighted by Crippen LogP contribution is -2.16. The van der Waals surface area contributed by atoms with Crippen molar-refractivity contribution in [3.63, 3.8) is 0 Å². The van der Waals surface area contributed by atoms with Gasteiger partial charge in [-0.15, -0.1) is 15.7 Å². The van der Waals surface area contributed by atoms with Crippen LogP contribution in [0.3, 0.4) is 0 Å². The number of sulfonamides is 1. The molecule has 6 nitrogen and oxygen atoms in total. The number of ether oxygens (including phenoxy) is 1. The number of aryl methyl sites for hydroxylation is 1. The Bertz CT molecular complexity index is 1710. The second-order valence-corrected chi connectivity index (χ2v) is 10.7. The Morgan fingerprint density at radius 2 is 1.43 bits per heavy atom. The third-order valence-electron chi connectivity index (χ3n) is 5.61. The number of hydrogen-bond acceptors (Lipinski definition) is 5. The highest BCUT2D eigenvalue weighted by molar-refractivity contribution is 7.90. The Morgan fingerprint density at radius 3 is 2.08 bits per heavy atom. The summed E-state index contributed by atoms with van der Waals surface area (Å²) >= 11 is 1.23. The summed E-state index contributed by atoms with van der Waals surface area (Å²) in [7, 11) is -3.92. The zero-order chi connectivity index (χ0) is 25.8. The van der Waals surface area contributed by atoms with Gasteiger partial charge in [0.1, 0.15) is 5.75 Å². The number of esters is 1. The topological polar surface area (TPSA) is 77.7 Å². The van der Waals surface area contributed by atoms with Gasteiger partial charge < -0.3 is 4.74 Å². The molecule has 8 heteroatoms. The third kappa shape index (κ3) is 5.45. The first-order valence-corrected chi connectivity index (χ1v) is 13.7. The van der Waals surface area contributed by atoms with Gasteiger partial charge in [0.25, 0.3) is 10.0 Å². The number of benzene rings is 4. The van der Waals surface area contributed by atoms with E-state index in [2.05, 4.69) is 4.40 Å². The molecule has 4 aromatic carbocycles. The molecule has 0 saturated heterocycles. The largest absolute Gasteiger partial charge is 0.423 e. The zero-order valence-electron chi connectivity index (χ0n) is 19.8. The minimum absolute atomic E-state index is 0.136.